The van der Waals surface area contributed by atoms with E-state index in [4.69, 9.17) is 0 Å². The van der Waals surface area contributed by atoms with Crippen LogP contribution in [0.2, 0.25) is 0 Å². The van der Waals surface area contributed by atoms with Crippen molar-refractivity contribution in [1.29, 1.82) is 0 Å². The minimum Gasteiger partial charge on any atom is -0.268 e. The van der Waals surface area contributed by atoms with Gasteiger partial charge in [0.25, 0.3) is 21.6 Å². The molecule has 0 aliphatic carbocycles. The lowest BCUT2D eigenvalue weighted by Crippen LogP contribution is -2.37. The second kappa shape index (κ2) is 8.46. The average Bonchev–Trinajstić information content (AvgIpc) is 2.74. The van der Waals surface area contributed by atoms with Crippen molar-refractivity contribution in [2.24, 2.45) is 0 Å². The van der Waals surface area contributed by atoms with Crippen LogP contribution in [0.4, 0.5) is 11.4 Å². The van der Waals surface area contributed by atoms with Crippen molar-refractivity contribution in [3.05, 3.63) is 99.6 Å². The summed E-state index contributed by atoms with van der Waals surface area (Å²) >= 11 is 0. The van der Waals surface area contributed by atoms with Gasteiger partial charge in [-0.25, -0.2) is 8.42 Å². The Morgan fingerprint density at radius 2 is 1.60 bits per heavy atom. The number of nitro benzene ring substituents is 1. The number of carbonyl (C=O) groups is 1. The predicted molar refractivity (Wildman–Crippen MR) is 114 cm³/mol. The molecule has 0 aliphatic heterocycles. The molecule has 0 spiro atoms. The Morgan fingerprint density at radius 1 is 0.967 bits per heavy atom. The zero-order valence-corrected chi connectivity index (χ0v) is 17.3. The van der Waals surface area contributed by atoms with Crippen LogP contribution in [0.15, 0.2) is 77.7 Å². The van der Waals surface area contributed by atoms with Crippen molar-refractivity contribution in [2.75, 3.05) is 4.31 Å². The molecule has 0 saturated heterocycles. The number of carbonyl (C=O) groups excluding carboxylic acids is 1. The quantitative estimate of drug-likeness (QED) is 0.429. The van der Waals surface area contributed by atoms with E-state index >= 15 is 0 Å². The third kappa shape index (κ3) is 3.95. The van der Waals surface area contributed by atoms with Gasteiger partial charge >= 0.3 is 0 Å². The Balaban J connectivity index is 2.21. The molecule has 3 aromatic carbocycles. The van der Waals surface area contributed by atoms with Crippen LogP contribution in [0, 0.1) is 17.0 Å². The summed E-state index contributed by atoms with van der Waals surface area (Å²) in [5, 5.41) is 11.3. The van der Waals surface area contributed by atoms with Gasteiger partial charge in [0, 0.05) is 11.6 Å². The highest BCUT2D eigenvalue weighted by molar-refractivity contribution is 7.93. The summed E-state index contributed by atoms with van der Waals surface area (Å²) in [4.78, 5) is 24.1. The maximum Gasteiger partial charge on any atom is 0.273 e. The van der Waals surface area contributed by atoms with Crippen molar-refractivity contribution in [3.8, 4) is 0 Å². The molecule has 1 amide bonds. The van der Waals surface area contributed by atoms with E-state index in [1.165, 1.54) is 37.3 Å². The topological polar surface area (TPSA) is 97.6 Å². The number of amides is 1. The van der Waals surface area contributed by atoms with Crippen LogP contribution in [0.1, 0.15) is 28.4 Å². The molecule has 0 fully saturated rings. The van der Waals surface area contributed by atoms with Gasteiger partial charge < -0.3 is 0 Å². The molecule has 0 bridgehead atoms. The third-order valence-electron chi connectivity index (χ3n) is 4.78. The van der Waals surface area contributed by atoms with Gasteiger partial charge in [-0.2, -0.15) is 4.31 Å². The van der Waals surface area contributed by atoms with E-state index < -0.39 is 20.9 Å². The van der Waals surface area contributed by atoms with E-state index in [1.807, 2.05) is 6.92 Å². The zero-order valence-electron chi connectivity index (χ0n) is 16.5. The second-order valence-electron chi connectivity index (χ2n) is 6.61. The molecule has 0 heterocycles. The first kappa shape index (κ1) is 21.2. The summed E-state index contributed by atoms with van der Waals surface area (Å²) in [7, 11) is -4.26. The van der Waals surface area contributed by atoms with Crippen molar-refractivity contribution >= 4 is 27.3 Å². The normalized spacial score (nSPS) is 11.1. The first-order valence-corrected chi connectivity index (χ1v) is 10.7. The molecule has 0 atom stereocenters. The number of rotatable bonds is 6. The lowest BCUT2D eigenvalue weighted by Gasteiger charge is -2.23. The summed E-state index contributed by atoms with van der Waals surface area (Å²) in [5.41, 5.74) is 0.940. The van der Waals surface area contributed by atoms with Gasteiger partial charge in [-0.3, -0.25) is 14.9 Å². The first-order valence-electron chi connectivity index (χ1n) is 9.25. The smallest absolute Gasteiger partial charge is 0.268 e. The molecule has 3 aromatic rings. The number of anilines is 1. The number of nitro groups is 1. The van der Waals surface area contributed by atoms with Gasteiger partial charge in [0.2, 0.25) is 0 Å². The van der Waals surface area contributed by atoms with Crippen molar-refractivity contribution in [3.63, 3.8) is 0 Å². The van der Waals surface area contributed by atoms with Crippen LogP contribution < -0.4 is 4.31 Å². The largest absolute Gasteiger partial charge is 0.273 e. The molecule has 0 aromatic heterocycles. The Kier molecular flexibility index (Phi) is 5.98. The van der Waals surface area contributed by atoms with E-state index in [2.05, 4.69) is 0 Å². The van der Waals surface area contributed by atoms with E-state index in [-0.39, 0.29) is 27.4 Å². The Labute approximate surface area is 174 Å². The zero-order chi connectivity index (χ0) is 21.9. The molecule has 154 valence electrons. The van der Waals surface area contributed by atoms with E-state index in [9.17, 15) is 23.3 Å². The summed E-state index contributed by atoms with van der Waals surface area (Å²) in [6.07, 6.45) is 0.754. The molecule has 0 saturated carbocycles. The van der Waals surface area contributed by atoms with Gasteiger partial charge in [0.1, 0.15) is 0 Å². The summed E-state index contributed by atoms with van der Waals surface area (Å²) < 4.78 is 27.5. The molecular weight excluding hydrogens is 404 g/mol. The van der Waals surface area contributed by atoms with E-state index in [0.717, 1.165) is 12.0 Å². The van der Waals surface area contributed by atoms with Crippen LogP contribution in [-0.4, -0.2) is 19.2 Å². The molecule has 0 unspecified atom stereocenters. The maximum absolute atomic E-state index is 13.4. The number of sulfonamides is 1. The lowest BCUT2D eigenvalue weighted by molar-refractivity contribution is -0.385. The van der Waals surface area contributed by atoms with Gasteiger partial charge in [0.15, 0.2) is 0 Å². The monoisotopic (exact) mass is 424 g/mol. The average molecular weight is 424 g/mol. The minimum absolute atomic E-state index is 0.0525. The first-order chi connectivity index (χ1) is 14.3. The number of hydrogen-bond acceptors (Lipinski definition) is 5. The van der Waals surface area contributed by atoms with Gasteiger partial charge in [-0.1, -0.05) is 43.3 Å². The number of benzene rings is 3. The lowest BCUT2D eigenvalue weighted by atomic mass is 10.1. The van der Waals surface area contributed by atoms with Gasteiger partial charge in [0.05, 0.1) is 21.1 Å². The van der Waals surface area contributed by atoms with Gasteiger partial charge in [-0.05, 0) is 49.2 Å². The van der Waals surface area contributed by atoms with Crippen molar-refractivity contribution in [2.45, 2.75) is 25.2 Å². The number of hydrogen-bond donors (Lipinski definition) is 0. The van der Waals surface area contributed by atoms with Gasteiger partial charge in [-0.15, -0.1) is 0 Å². The van der Waals surface area contributed by atoms with Crippen LogP contribution in [0.5, 0.6) is 0 Å². The van der Waals surface area contributed by atoms with Crippen molar-refractivity contribution < 1.29 is 18.1 Å². The van der Waals surface area contributed by atoms with E-state index in [1.54, 1.807) is 42.5 Å². The highest BCUT2D eigenvalue weighted by Crippen LogP contribution is 2.29. The molecule has 0 N–H and O–H groups in total. The highest BCUT2D eigenvalue weighted by atomic mass is 32.2. The van der Waals surface area contributed by atoms with Crippen molar-refractivity contribution in [1.82, 2.24) is 0 Å². The fourth-order valence-corrected chi connectivity index (χ4v) is 4.52. The minimum atomic E-state index is -4.26. The molecular formula is C22H20N2O5S. The second-order valence-corrected chi connectivity index (χ2v) is 8.40. The number of nitrogens with zero attached hydrogens (tertiary/aromatic N) is 2. The molecule has 30 heavy (non-hydrogen) atoms. The summed E-state index contributed by atoms with van der Waals surface area (Å²) in [6, 6.07) is 18.2. The molecule has 7 nitrogen and oxygen atoms in total. The highest BCUT2D eigenvalue weighted by Gasteiger charge is 2.33. The summed E-state index contributed by atoms with van der Waals surface area (Å²) in [5.74, 6) is -0.857. The molecule has 0 aliphatic rings. The van der Waals surface area contributed by atoms with Crippen LogP contribution in [-0.2, 0) is 16.4 Å². The standard InChI is InChI=1S/C22H20N2O5S/c1-3-17-12-14-18(15-13-17)23(30(28,29)19-8-5-4-6-9-19)22(25)20-10-7-11-21(16(20)2)24(26)27/h4-15H,3H2,1-2H3. The Hall–Kier alpha value is -3.52. The maximum atomic E-state index is 13.4. The Morgan fingerprint density at radius 3 is 2.17 bits per heavy atom. The third-order valence-corrected chi connectivity index (χ3v) is 6.50. The fourth-order valence-electron chi connectivity index (χ4n) is 3.09. The van der Waals surface area contributed by atoms with Crippen LogP contribution in [0.3, 0.4) is 0 Å². The molecule has 8 heteroatoms. The van der Waals surface area contributed by atoms with E-state index in [0.29, 0.717) is 4.31 Å². The fraction of sp³-hybridized carbons (Fsp3) is 0.136. The Bertz CT molecular complexity index is 1190. The predicted octanol–water partition coefficient (Wildman–Crippen LogP) is 4.50. The number of aryl methyl sites for hydroxylation is 1. The SMILES string of the molecule is CCc1ccc(N(C(=O)c2cccc([N+](=O)[O-])c2C)S(=O)(=O)c2ccccc2)cc1. The summed E-state index contributed by atoms with van der Waals surface area (Å²) in [6.45, 7) is 3.39. The van der Waals surface area contributed by atoms with Crippen LogP contribution in [0.25, 0.3) is 0 Å². The molecule has 3 rings (SSSR count). The van der Waals surface area contributed by atoms with Crippen LogP contribution >= 0.6 is 0 Å². The molecule has 0 radical (unpaired) electrons.